The Morgan fingerprint density at radius 1 is 1.09 bits per heavy atom. The van der Waals surface area contributed by atoms with Gasteiger partial charge in [-0.3, -0.25) is 4.79 Å². The summed E-state index contributed by atoms with van der Waals surface area (Å²) in [5.41, 5.74) is 0.941. The highest BCUT2D eigenvalue weighted by Crippen LogP contribution is 2.15. The molecule has 3 aromatic rings. The van der Waals surface area contributed by atoms with Gasteiger partial charge in [0.05, 0.1) is 12.8 Å². The molecule has 23 heavy (non-hydrogen) atoms. The molecule has 2 aromatic heterocycles. The van der Waals surface area contributed by atoms with Crippen molar-refractivity contribution in [1.29, 1.82) is 0 Å². The number of aromatic nitrogens is 2. The Kier molecular flexibility index (Phi) is 4.68. The zero-order chi connectivity index (χ0) is 16.1. The lowest BCUT2D eigenvalue weighted by Crippen LogP contribution is -2.14. The molecule has 0 aliphatic rings. The van der Waals surface area contributed by atoms with Gasteiger partial charge in [0.15, 0.2) is 5.69 Å². The van der Waals surface area contributed by atoms with E-state index < -0.39 is 0 Å². The van der Waals surface area contributed by atoms with Crippen LogP contribution < -0.4 is 10.6 Å². The number of carbonyl (C=O) groups is 1. The van der Waals surface area contributed by atoms with Crippen LogP contribution in [0.15, 0.2) is 63.7 Å². The third kappa shape index (κ3) is 4.17. The molecule has 2 N–H and O–H groups in total. The van der Waals surface area contributed by atoms with Crippen LogP contribution in [0.2, 0.25) is 0 Å². The maximum atomic E-state index is 12.1. The molecular formula is C16H13BrN4O2. The van der Waals surface area contributed by atoms with Crippen molar-refractivity contribution in [3.05, 3.63) is 70.7 Å². The molecule has 0 saturated carbocycles. The number of furan rings is 1. The van der Waals surface area contributed by atoms with Crippen molar-refractivity contribution in [3.8, 4) is 0 Å². The standard InChI is InChI=1S/C16H13BrN4O2/c17-11-3-5-12(6-4-11)19-16(22)14-7-8-15(21-20-14)18-10-13-2-1-9-23-13/h1-9H,10H2,(H,18,21)(H,19,22). The molecule has 0 aliphatic heterocycles. The van der Waals surface area contributed by atoms with Crippen molar-refractivity contribution in [1.82, 2.24) is 10.2 Å². The Morgan fingerprint density at radius 2 is 1.91 bits per heavy atom. The van der Waals surface area contributed by atoms with E-state index in [0.29, 0.717) is 18.1 Å². The largest absolute Gasteiger partial charge is 0.467 e. The van der Waals surface area contributed by atoms with Gasteiger partial charge in [0.25, 0.3) is 5.91 Å². The molecule has 6 nitrogen and oxygen atoms in total. The monoisotopic (exact) mass is 372 g/mol. The van der Waals surface area contributed by atoms with Gasteiger partial charge in [-0.05, 0) is 48.5 Å². The topological polar surface area (TPSA) is 80.0 Å². The van der Waals surface area contributed by atoms with Crippen LogP contribution in [0.25, 0.3) is 0 Å². The van der Waals surface area contributed by atoms with Crippen LogP contribution in [0.3, 0.4) is 0 Å². The second kappa shape index (κ2) is 7.06. The van der Waals surface area contributed by atoms with Crippen molar-refractivity contribution in [2.75, 3.05) is 10.6 Å². The first-order chi connectivity index (χ1) is 11.2. The molecule has 1 amide bonds. The van der Waals surface area contributed by atoms with Crippen LogP contribution in [-0.4, -0.2) is 16.1 Å². The SMILES string of the molecule is O=C(Nc1ccc(Br)cc1)c1ccc(NCc2ccco2)nn1. The predicted molar refractivity (Wildman–Crippen MR) is 90.2 cm³/mol. The van der Waals surface area contributed by atoms with E-state index >= 15 is 0 Å². The number of anilines is 2. The first-order valence-electron chi connectivity index (χ1n) is 6.87. The van der Waals surface area contributed by atoms with Gasteiger partial charge in [-0.1, -0.05) is 15.9 Å². The van der Waals surface area contributed by atoms with Crippen LogP contribution in [0.5, 0.6) is 0 Å². The van der Waals surface area contributed by atoms with Crippen molar-refractivity contribution in [3.63, 3.8) is 0 Å². The lowest BCUT2D eigenvalue weighted by atomic mass is 10.3. The molecule has 0 atom stereocenters. The molecule has 0 unspecified atom stereocenters. The van der Waals surface area contributed by atoms with E-state index in [9.17, 15) is 4.79 Å². The third-order valence-electron chi connectivity index (χ3n) is 3.02. The number of hydrogen-bond acceptors (Lipinski definition) is 5. The number of nitrogens with zero attached hydrogens (tertiary/aromatic N) is 2. The van der Waals surface area contributed by atoms with Crippen LogP contribution in [0, 0.1) is 0 Å². The summed E-state index contributed by atoms with van der Waals surface area (Å²) in [5.74, 6) is 1.06. The Balaban J connectivity index is 1.59. The number of hydrogen-bond donors (Lipinski definition) is 2. The van der Waals surface area contributed by atoms with E-state index in [0.717, 1.165) is 10.2 Å². The van der Waals surface area contributed by atoms with Crippen molar-refractivity contribution in [2.24, 2.45) is 0 Å². The van der Waals surface area contributed by atoms with Crippen LogP contribution in [-0.2, 0) is 6.54 Å². The van der Waals surface area contributed by atoms with Gasteiger partial charge in [0.2, 0.25) is 0 Å². The zero-order valence-electron chi connectivity index (χ0n) is 12.0. The van der Waals surface area contributed by atoms with E-state index in [-0.39, 0.29) is 11.6 Å². The molecule has 7 heteroatoms. The summed E-state index contributed by atoms with van der Waals surface area (Å²) in [7, 11) is 0. The van der Waals surface area contributed by atoms with E-state index in [4.69, 9.17) is 4.42 Å². The number of benzene rings is 1. The van der Waals surface area contributed by atoms with Crippen LogP contribution >= 0.6 is 15.9 Å². The molecule has 0 aliphatic carbocycles. The van der Waals surface area contributed by atoms with Gasteiger partial charge in [-0.2, -0.15) is 0 Å². The minimum Gasteiger partial charge on any atom is -0.467 e. The van der Waals surface area contributed by atoms with Gasteiger partial charge < -0.3 is 15.1 Å². The summed E-state index contributed by atoms with van der Waals surface area (Å²) in [4.78, 5) is 12.1. The fourth-order valence-electron chi connectivity index (χ4n) is 1.87. The van der Waals surface area contributed by atoms with Gasteiger partial charge in [-0.25, -0.2) is 0 Å². The molecule has 3 rings (SSSR count). The minimum absolute atomic E-state index is 0.247. The highest BCUT2D eigenvalue weighted by atomic mass is 79.9. The predicted octanol–water partition coefficient (Wildman–Crippen LogP) is 3.70. The highest BCUT2D eigenvalue weighted by molar-refractivity contribution is 9.10. The van der Waals surface area contributed by atoms with Gasteiger partial charge in [0, 0.05) is 10.2 Å². The van der Waals surface area contributed by atoms with E-state index in [2.05, 4.69) is 36.8 Å². The first kappa shape index (κ1) is 15.2. The number of nitrogens with one attached hydrogen (secondary N) is 2. The maximum absolute atomic E-state index is 12.1. The van der Waals surface area contributed by atoms with Crippen molar-refractivity contribution in [2.45, 2.75) is 6.54 Å². The van der Waals surface area contributed by atoms with Crippen molar-refractivity contribution < 1.29 is 9.21 Å². The molecule has 0 saturated heterocycles. The third-order valence-corrected chi connectivity index (χ3v) is 3.55. The molecule has 0 fully saturated rings. The van der Waals surface area contributed by atoms with Gasteiger partial charge in [0.1, 0.15) is 11.6 Å². The second-order valence-corrected chi connectivity index (χ2v) is 5.61. The molecular weight excluding hydrogens is 360 g/mol. The number of carbonyl (C=O) groups excluding carboxylic acids is 1. The average molecular weight is 373 g/mol. The number of halogens is 1. The summed E-state index contributed by atoms with van der Waals surface area (Å²) in [5, 5.41) is 13.7. The fourth-order valence-corrected chi connectivity index (χ4v) is 2.13. The molecule has 1 aromatic carbocycles. The quantitative estimate of drug-likeness (QED) is 0.713. The summed E-state index contributed by atoms with van der Waals surface area (Å²) >= 11 is 3.34. The van der Waals surface area contributed by atoms with E-state index in [1.54, 1.807) is 30.5 Å². The summed E-state index contributed by atoms with van der Waals surface area (Å²) in [6, 6.07) is 14.3. The maximum Gasteiger partial charge on any atom is 0.276 e. The van der Waals surface area contributed by atoms with Crippen molar-refractivity contribution >= 4 is 33.3 Å². The zero-order valence-corrected chi connectivity index (χ0v) is 13.6. The Bertz CT molecular complexity index is 771. The Labute approximate surface area is 141 Å². The summed E-state index contributed by atoms with van der Waals surface area (Å²) < 4.78 is 6.16. The highest BCUT2D eigenvalue weighted by Gasteiger charge is 2.09. The van der Waals surface area contributed by atoms with Crippen LogP contribution in [0.4, 0.5) is 11.5 Å². The molecule has 116 valence electrons. The minimum atomic E-state index is -0.308. The number of amides is 1. The first-order valence-corrected chi connectivity index (χ1v) is 7.67. The fraction of sp³-hybridized carbons (Fsp3) is 0.0625. The normalized spacial score (nSPS) is 10.3. The lowest BCUT2D eigenvalue weighted by molar-refractivity contribution is 0.102. The second-order valence-electron chi connectivity index (χ2n) is 4.70. The van der Waals surface area contributed by atoms with E-state index in [1.165, 1.54) is 0 Å². The van der Waals surface area contributed by atoms with Gasteiger partial charge >= 0.3 is 0 Å². The molecule has 0 bridgehead atoms. The smallest absolute Gasteiger partial charge is 0.276 e. The molecule has 0 radical (unpaired) electrons. The van der Waals surface area contributed by atoms with E-state index in [1.807, 2.05) is 24.3 Å². The number of rotatable bonds is 5. The summed E-state index contributed by atoms with van der Waals surface area (Å²) in [6.45, 7) is 0.506. The summed E-state index contributed by atoms with van der Waals surface area (Å²) in [6.07, 6.45) is 1.61. The van der Waals surface area contributed by atoms with Gasteiger partial charge in [-0.15, -0.1) is 10.2 Å². The Morgan fingerprint density at radius 3 is 2.57 bits per heavy atom. The molecule has 0 spiro atoms. The Hall–Kier alpha value is -2.67. The molecule has 2 heterocycles. The van der Waals surface area contributed by atoms with Crippen LogP contribution in [0.1, 0.15) is 16.2 Å². The lowest BCUT2D eigenvalue weighted by Gasteiger charge is -2.06. The average Bonchev–Trinajstić information content (AvgIpc) is 3.09.